The topological polar surface area (TPSA) is 52.0 Å². The number of hydrogen-bond donors (Lipinski definition) is 2. The fraction of sp³-hybridized carbons (Fsp3) is 1.00. The van der Waals surface area contributed by atoms with Crippen molar-refractivity contribution in [3.8, 4) is 0 Å². The van der Waals surface area contributed by atoms with E-state index >= 15 is 0 Å². The summed E-state index contributed by atoms with van der Waals surface area (Å²) in [6.07, 6.45) is 3.59. The van der Waals surface area contributed by atoms with E-state index < -0.39 is 0 Å². The van der Waals surface area contributed by atoms with Gasteiger partial charge in [-0.05, 0) is 37.1 Å². The van der Waals surface area contributed by atoms with E-state index in [1.54, 1.807) is 0 Å². The Hall–Kier alpha value is -0.0800. The fourth-order valence-electron chi connectivity index (χ4n) is 2.15. The molecule has 1 aliphatic rings. The van der Waals surface area contributed by atoms with E-state index in [-0.39, 0.29) is 0 Å². The highest BCUT2D eigenvalue weighted by Gasteiger charge is 2.39. The highest BCUT2D eigenvalue weighted by molar-refractivity contribution is 4.94. The Morgan fingerprint density at radius 1 is 1.36 bits per heavy atom. The Labute approximate surface area is 69.3 Å². The van der Waals surface area contributed by atoms with Gasteiger partial charge < -0.3 is 11.5 Å². The maximum atomic E-state index is 5.99. The summed E-state index contributed by atoms with van der Waals surface area (Å²) in [5, 5.41) is 0. The van der Waals surface area contributed by atoms with E-state index in [0.717, 1.165) is 18.9 Å². The van der Waals surface area contributed by atoms with Crippen LogP contribution in [0.4, 0.5) is 0 Å². The van der Waals surface area contributed by atoms with Crippen molar-refractivity contribution in [2.75, 3.05) is 6.54 Å². The normalized spacial score (nSPS) is 36.0. The second kappa shape index (κ2) is 3.11. The first-order chi connectivity index (χ1) is 5.09. The van der Waals surface area contributed by atoms with E-state index in [1.165, 1.54) is 12.8 Å². The van der Waals surface area contributed by atoms with Crippen LogP contribution in [0.5, 0.6) is 0 Å². The molecule has 2 nitrogen and oxygen atoms in total. The van der Waals surface area contributed by atoms with Crippen molar-refractivity contribution >= 4 is 0 Å². The predicted octanol–water partition coefficient (Wildman–Crippen LogP) is 1.10. The SMILES string of the molecule is CC1(C)C(N)CCC1CCN. The van der Waals surface area contributed by atoms with Crippen LogP contribution in [0.25, 0.3) is 0 Å². The molecule has 1 rings (SSSR count). The fourth-order valence-corrected chi connectivity index (χ4v) is 2.15. The lowest BCUT2D eigenvalue weighted by Crippen LogP contribution is -2.36. The van der Waals surface area contributed by atoms with Crippen LogP contribution in [0.1, 0.15) is 33.1 Å². The lowest BCUT2D eigenvalue weighted by Gasteiger charge is -2.30. The highest BCUT2D eigenvalue weighted by atomic mass is 14.7. The van der Waals surface area contributed by atoms with Crippen molar-refractivity contribution in [1.29, 1.82) is 0 Å². The molecule has 2 unspecified atom stereocenters. The zero-order valence-electron chi connectivity index (χ0n) is 7.64. The maximum absolute atomic E-state index is 5.99. The van der Waals surface area contributed by atoms with Crippen molar-refractivity contribution in [2.45, 2.75) is 39.2 Å². The van der Waals surface area contributed by atoms with Crippen molar-refractivity contribution in [1.82, 2.24) is 0 Å². The standard InChI is InChI=1S/C9H20N2/c1-9(2)7(5-6-10)3-4-8(9)11/h7-8H,3-6,10-11H2,1-2H3. The molecule has 0 saturated heterocycles. The van der Waals surface area contributed by atoms with Crippen LogP contribution in [0.2, 0.25) is 0 Å². The smallest absolute Gasteiger partial charge is 0.00930 e. The molecule has 4 N–H and O–H groups in total. The molecule has 1 saturated carbocycles. The average Bonchev–Trinajstić information content (AvgIpc) is 2.16. The first kappa shape index (κ1) is 9.01. The van der Waals surface area contributed by atoms with Gasteiger partial charge in [0.05, 0.1) is 0 Å². The van der Waals surface area contributed by atoms with Crippen molar-refractivity contribution in [3.05, 3.63) is 0 Å². The Kier molecular flexibility index (Phi) is 2.55. The quantitative estimate of drug-likeness (QED) is 0.629. The largest absolute Gasteiger partial charge is 0.330 e. The van der Waals surface area contributed by atoms with E-state index in [2.05, 4.69) is 13.8 Å². The van der Waals surface area contributed by atoms with Crippen LogP contribution in [0, 0.1) is 11.3 Å². The molecule has 0 aromatic rings. The summed E-state index contributed by atoms with van der Waals surface area (Å²) >= 11 is 0. The van der Waals surface area contributed by atoms with Crippen LogP contribution in [0.15, 0.2) is 0 Å². The molecule has 0 heterocycles. The first-order valence-corrected chi connectivity index (χ1v) is 4.54. The molecular weight excluding hydrogens is 136 g/mol. The van der Waals surface area contributed by atoms with Gasteiger partial charge in [-0.25, -0.2) is 0 Å². The van der Waals surface area contributed by atoms with E-state index in [4.69, 9.17) is 11.5 Å². The van der Waals surface area contributed by atoms with Gasteiger partial charge in [-0.15, -0.1) is 0 Å². The summed E-state index contributed by atoms with van der Waals surface area (Å²) in [6, 6.07) is 0.388. The monoisotopic (exact) mass is 156 g/mol. The Morgan fingerprint density at radius 2 is 2.00 bits per heavy atom. The minimum Gasteiger partial charge on any atom is -0.330 e. The summed E-state index contributed by atoms with van der Waals surface area (Å²) in [7, 11) is 0. The second-order valence-corrected chi connectivity index (χ2v) is 4.28. The lowest BCUT2D eigenvalue weighted by molar-refractivity contribution is 0.223. The van der Waals surface area contributed by atoms with Crippen LogP contribution in [-0.4, -0.2) is 12.6 Å². The van der Waals surface area contributed by atoms with Crippen molar-refractivity contribution in [2.24, 2.45) is 22.8 Å². The van der Waals surface area contributed by atoms with Gasteiger partial charge in [0.15, 0.2) is 0 Å². The van der Waals surface area contributed by atoms with E-state index in [1.807, 2.05) is 0 Å². The first-order valence-electron chi connectivity index (χ1n) is 4.54. The van der Waals surface area contributed by atoms with Gasteiger partial charge in [0, 0.05) is 6.04 Å². The minimum atomic E-state index is 0.319. The van der Waals surface area contributed by atoms with E-state index in [0.29, 0.717) is 11.5 Å². The summed E-state index contributed by atoms with van der Waals surface area (Å²) in [5.74, 6) is 0.752. The van der Waals surface area contributed by atoms with Gasteiger partial charge in [0.1, 0.15) is 0 Å². The molecule has 0 amide bonds. The van der Waals surface area contributed by atoms with Crippen LogP contribution in [-0.2, 0) is 0 Å². The van der Waals surface area contributed by atoms with Gasteiger partial charge in [-0.2, -0.15) is 0 Å². The molecule has 0 aliphatic heterocycles. The molecular formula is C9H20N2. The molecule has 11 heavy (non-hydrogen) atoms. The van der Waals surface area contributed by atoms with Crippen LogP contribution in [0.3, 0.4) is 0 Å². The van der Waals surface area contributed by atoms with E-state index in [9.17, 15) is 0 Å². The molecule has 0 aromatic carbocycles. The number of nitrogens with two attached hydrogens (primary N) is 2. The molecule has 0 spiro atoms. The Balaban J connectivity index is 2.55. The minimum absolute atomic E-state index is 0.319. The predicted molar refractivity (Wildman–Crippen MR) is 48.2 cm³/mol. The molecule has 0 aromatic heterocycles. The zero-order valence-corrected chi connectivity index (χ0v) is 7.64. The summed E-state index contributed by atoms with van der Waals surface area (Å²) < 4.78 is 0. The molecule has 0 bridgehead atoms. The summed E-state index contributed by atoms with van der Waals surface area (Å²) in [6.45, 7) is 5.34. The zero-order chi connectivity index (χ0) is 8.48. The summed E-state index contributed by atoms with van der Waals surface area (Å²) in [4.78, 5) is 0. The maximum Gasteiger partial charge on any atom is 0.00930 e. The Morgan fingerprint density at radius 3 is 2.36 bits per heavy atom. The molecule has 2 atom stereocenters. The second-order valence-electron chi connectivity index (χ2n) is 4.28. The van der Waals surface area contributed by atoms with Gasteiger partial charge in [0.2, 0.25) is 0 Å². The molecule has 1 aliphatic carbocycles. The van der Waals surface area contributed by atoms with Crippen LogP contribution < -0.4 is 11.5 Å². The van der Waals surface area contributed by atoms with Crippen molar-refractivity contribution in [3.63, 3.8) is 0 Å². The van der Waals surface area contributed by atoms with Gasteiger partial charge in [-0.1, -0.05) is 13.8 Å². The number of rotatable bonds is 2. The highest BCUT2D eigenvalue weighted by Crippen LogP contribution is 2.43. The Bertz CT molecular complexity index is 130. The van der Waals surface area contributed by atoms with Gasteiger partial charge in [0.25, 0.3) is 0 Å². The molecule has 0 radical (unpaired) electrons. The summed E-state index contributed by atoms with van der Waals surface area (Å²) in [5.41, 5.74) is 11.8. The number of hydrogen-bond acceptors (Lipinski definition) is 2. The van der Waals surface area contributed by atoms with Gasteiger partial charge in [-0.3, -0.25) is 0 Å². The van der Waals surface area contributed by atoms with Crippen molar-refractivity contribution < 1.29 is 0 Å². The molecule has 66 valence electrons. The lowest BCUT2D eigenvalue weighted by atomic mass is 9.78. The molecule has 1 fully saturated rings. The van der Waals surface area contributed by atoms with Gasteiger partial charge >= 0.3 is 0 Å². The molecule has 2 heteroatoms. The third-order valence-corrected chi connectivity index (χ3v) is 3.35. The average molecular weight is 156 g/mol. The third kappa shape index (κ3) is 1.57. The van der Waals surface area contributed by atoms with Crippen LogP contribution >= 0.6 is 0 Å². The third-order valence-electron chi connectivity index (χ3n) is 3.35.